The summed E-state index contributed by atoms with van der Waals surface area (Å²) in [6.07, 6.45) is 3.13. The highest BCUT2D eigenvalue weighted by Gasteiger charge is 2.14. The van der Waals surface area contributed by atoms with Crippen LogP contribution in [0.1, 0.15) is 15.4 Å². The molecule has 3 heterocycles. The summed E-state index contributed by atoms with van der Waals surface area (Å²) >= 11 is 7.07. The maximum Gasteiger partial charge on any atom is 0.224 e. The van der Waals surface area contributed by atoms with E-state index in [4.69, 9.17) is 11.6 Å². The van der Waals surface area contributed by atoms with Gasteiger partial charge in [0.2, 0.25) is 5.78 Å². The molecule has 5 nitrogen and oxygen atoms in total. The van der Waals surface area contributed by atoms with Crippen LogP contribution in [0.25, 0.3) is 0 Å². The second-order valence-electron chi connectivity index (χ2n) is 4.01. The van der Waals surface area contributed by atoms with Gasteiger partial charge in [0, 0.05) is 44.0 Å². The fourth-order valence-electron chi connectivity index (χ4n) is 1.61. The molecule has 1 saturated heterocycles. The molecular formula is C13H15ClN4OS. The van der Waals surface area contributed by atoms with Gasteiger partial charge >= 0.3 is 0 Å². The number of aromatic nitrogens is 2. The largest absolute Gasteiger partial charge is 0.314 e. The predicted molar refractivity (Wildman–Crippen MR) is 80.5 cm³/mol. The molecule has 0 atom stereocenters. The molecule has 0 unspecified atom stereocenters. The molecule has 0 amide bonds. The van der Waals surface area contributed by atoms with E-state index in [1.807, 2.05) is 0 Å². The lowest BCUT2D eigenvalue weighted by Gasteiger charge is -2.11. The van der Waals surface area contributed by atoms with Gasteiger partial charge in [-0.3, -0.25) is 4.79 Å². The van der Waals surface area contributed by atoms with Gasteiger partial charge in [-0.2, -0.15) is 0 Å². The van der Waals surface area contributed by atoms with E-state index in [9.17, 15) is 4.79 Å². The Morgan fingerprint density at radius 2 is 1.85 bits per heavy atom. The van der Waals surface area contributed by atoms with Gasteiger partial charge in [-0.05, 0) is 12.1 Å². The highest BCUT2D eigenvalue weighted by Crippen LogP contribution is 2.17. The molecule has 0 aromatic carbocycles. The number of nitrogens with one attached hydrogen (secondary N) is 2. The van der Waals surface area contributed by atoms with E-state index in [0.717, 1.165) is 26.2 Å². The van der Waals surface area contributed by atoms with Crippen LogP contribution in [-0.4, -0.2) is 41.9 Å². The Bertz CT molecular complexity index is 532. The van der Waals surface area contributed by atoms with E-state index in [1.54, 1.807) is 29.9 Å². The fraction of sp³-hybridized carbons (Fsp3) is 0.308. The molecule has 0 saturated carbocycles. The summed E-state index contributed by atoms with van der Waals surface area (Å²) in [6.45, 7) is 4.56. The lowest BCUT2D eigenvalue weighted by molar-refractivity contribution is 0.103. The smallest absolute Gasteiger partial charge is 0.224 e. The van der Waals surface area contributed by atoms with Crippen molar-refractivity contribution in [2.24, 2.45) is 0 Å². The molecule has 2 N–H and O–H groups in total. The molecule has 106 valence electrons. The third kappa shape index (κ3) is 4.35. The minimum absolute atomic E-state index is 0.182. The van der Waals surface area contributed by atoms with E-state index in [1.165, 1.54) is 11.3 Å². The predicted octanol–water partition coefficient (Wildman–Crippen LogP) is 1.60. The average Bonchev–Trinajstić information content (AvgIpc) is 3.04. The van der Waals surface area contributed by atoms with Gasteiger partial charge in [0.15, 0.2) is 5.01 Å². The topological polar surface area (TPSA) is 66.9 Å². The van der Waals surface area contributed by atoms with Crippen molar-refractivity contribution >= 4 is 28.7 Å². The number of ketones is 1. The Kier molecular flexibility index (Phi) is 6.07. The van der Waals surface area contributed by atoms with Crippen molar-refractivity contribution in [3.63, 3.8) is 0 Å². The van der Waals surface area contributed by atoms with Gasteiger partial charge in [0.05, 0.1) is 5.56 Å². The molecule has 3 rings (SSSR count). The number of piperazine rings is 1. The van der Waals surface area contributed by atoms with E-state index in [0.29, 0.717) is 10.6 Å². The van der Waals surface area contributed by atoms with Crippen molar-refractivity contribution in [2.45, 2.75) is 0 Å². The number of pyridine rings is 1. The van der Waals surface area contributed by atoms with E-state index in [-0.39, 0.29) is 10.9 Å². The molecule has 1 aliphatic rings. The van der Waals surface area contributed by atoms with Crippen molar-refractivity contribution in [2.75, 3.05) is 26.2 Å². The third-order valence-electron chi connectivity index (χ3n) is 2.59. The first-order valence-electron chi connectivity index (χ1n) is 6.25. The number of hydrogen-bond acceptors (Lipinski definition) is 6. The van der Waals surface area contributed by atoms with Crippen molar-refractivity contribution in [3.8, 4) is 0 Å². The summed E-state index contributed by atoms with van der Waals surface area (Å²) in [5, 5.41) is 8.84. The second kappa shape index (κ2) is 8.06. The number of rotatable bonds is 2. The minimum atomic E-state index is -0.182. The molecule has 2 aromatic rings. The number of thiazole rings is 1. The van der Waals surface area contributed by atoms with E-state index >= 15 is 0 Å². The monoisotopic (exact) mass is 310 g/mol. The zero-order valence-electron chi connectivity index (χ0n) is 10.8. The molecule has 1 fully saturated rings. The Balaban J connectivity index is 0.000000205. The molecule has 20 heavy (non-hydrogen) atoms. The number of nitrogens with zero attached hydrogens (tertiary/aromatic N) is 2. The number of hydrogen-bond donors (Lipinski definition) is 2. The lowest BCUT2D eigenvalue weighted by Crippen LogP contribution is -2.39. The van der Waals surface area contributed by atoms with Crippen LogP contribution >= 0.6 is 22.9 Å². The Morgan fingerprint density at radius 1 is 1.15 bits per heavy atom. The van der Waals surface area contributed by atoms with Crippen LogP contribution in [0.2, 0.25) is 5.15 Å². The third-order valence-corrected chi connectivity index (χ3v) is 3.66. The molecule has 7 heteroatoms. The van der Waals surface area contributed by atoms with E-state index in [2.05, 4.69) is 20.6 Å². The van der Waals surface area contributed by atoms with Crippen LogP contribution < -0.4 is 10.6 Å². The van der Waals surface area contributed by atoms with Gasteiger partial charge < -0.3 is 10.6 Å². The molecule has 2 aromatic heterocycles. The highest BCUT2D eigenvalue weighted by atomic mass is 35.5. The Hall–Kier alpha value is -1.34. The maximum atomic E-state index is 11.8. The first-order chi connectivity index (χ1) is 9.79. The van der Waals surface area contributed by atoms with Gasteiger partial charge in [-0.25, -0.2) is 9.97 Å². The molecule has 1 aliphatic heterocycles. The van der Waals surface area contributed by atoms with Crippen molar-refractivity contribution < 1.29 is 4.79 Å². The Morgan fingerprint density at radius 3 is 2.35 bits per heavy atom. The quantitative estimate of drug-likeness (QED) is 0.651. The van der Waals surface area contributed by atoms with Crippen LogP contribution in [0.3, 0.4) is 0 Å². The van der Waals surface area contributed by atoms with Gasteiger partial charge in [-0.15, -0.1) is 11.3 Å². The molecule has 0 spiro atoms. The summed E-state index contributed by atoms with van der Waals surface area (Å²) in [6, 6.07) is 3.31. The summed E-state index contributed by atoms with van der Waals surface area (Å²) in [5.41, 5.74) is 0.393. The van der Waals surface area contributed by atoms with Crippen molar-refractivity contribution in [1.29, 1.82) is 0 Å². The lowest BCUT2D eigenvalue weighted by atomic mass is 10.2. The van der Waals surface area contributed by atoms with Crippen molar-refractivity contribution in [3.05, 3.63) is 45.6 Å². The fourth-order valence-corrected chi connectivity index (χ4v) is 2.40. The molecule has 0 radical (unpaired) electrons. The van der Waals surface area contributed by atoms with Crippen LogP contribution in [0.5, 0.6) is 0 Å². The molecule has 0 bridgehead atoms. The van der Waals surface area contributed by atoms with E-state index < -0.39 is 0 Å². The van der Waals surface area contributed by atoms with Gasteiger partial charge in [-0.1, -0.05) is 11.6 Å². The van der Waals surface area contributed by atoms with Gasteiger partial charge in [0.1, 0.15) is 5.15 Å². The molecular weight excluding hydrogens is 296 g/mol. The minimum Gasteiger partial charge on any atom is -0.314 e. The Labute approximate surface area is 126 Å². The first kappa shape index (κ1) is 15.1. The normalized spacial score (nSPS) is 14.2. The zero-order chi connectivity index (χ0) is 14.2. The number of carbonyl (C=O) groups is 1. The zero-order valence-corrected chi connectivity index (χ0v) is 12.4. The summed E-state index contributed by atoms with van der Waals surface area (Å²) in [5.74, 6) is -0.182. The van der Waals surface area contributed by atoms with Crippen molar-refractivity contribution in [1.82, 2.24) is 20.6 Å². The number of carbonyl (C=O) groups excluding carboxylic acids is 1. The average molecular weight is 311 g/mol. The van der Waals surface area contributed by atoms with Crippen LogP contribution in [-0.2, 0) is 0 Å². The summed E-state index contributed by atoms with van der Waals surface area (Å²) < 4.78 is 0. The van der Waals surface area contributed by atoms with Crippen LogP contribution in [0.4, 0.5) is 0 Å². The van der Waals surface area contributed by atoms with Crippen LogP contribution in [0.15, 0.2) is 29.9 Å². The second-order valence-corrected chi connectivity index (χ2v) is 5.26. The highest BCUT2D eigenvalue weighted by molar-refractivity contribution is 7.11. The summed E-state index contributed by atoms with van der Waals surface area (Å²) in [7, 11) is 0. The number of halogens is 1. The van der Waals surface area contributed by atoms with Gasteiger partial charge in [0.25, 0.3) is 0 Å². The SMILES string of the molecule is C1CNCCN1.O=C(c1nccs1)c1cccnc1Cl. The molecule has 0 aliphatic carbocycles. The van der Waals surface area contributed by atoms with Crippen LogP contribution in [0, 0.1) is 0 Å². The maximum absolute atomic E-state index is 11.8. The summed E-state index contributed by atoms with van der Waals surface area (Å²) in [4.78, 5) is 19.5. The standard InChI is InChI=1S/C9H5ClN2OS.C4H10N2/c10-8-6(2-1-3-11-8)7(13)9-12-4-5-14-9;1-2-6-4-3-5-1/h1-5H;5-6H,1-4H2. The first-order valence-corrected chi connectivity index (χ1v) is 7.51.